The molecule has 1 aromatic carbocycles. The number of anilines is 1. The van der Waals surface area contributed by atoms with Crippen LogP contribution in [0.3, 0.4) is 0 Å². The van der Waals surface area contributed by atoms with Crippen molar-refractivity contribution in [2.45, 2.75) is 44.0 Å². The molecule has 0 radical (unpaired) electrons. The summed E-state index contributed by atoms with van der Waals surface area (Å²) in [5.41, 5.74) is 1.22. The molecule has 11 heteroatoms. The monoisotopic (exact) mass is 483 g/mol. The molecule has 0 saturated heterocycles. The third kappa shape index (κ3) is 4.30. The van der Waals surface area contributed by atoms with Gasteiger partial charge in [0.15, 0.2) is 5.82 Å². The van der Waals surface area contributed by atoms with Gasteiger partial charge >= 0.3 is 0 Å². The van der Waals surface area contributed by atoms with E-state index in [2.05, 4.69) is 30.5 Å². The molecule has 2 fully saturated rings. The van der Waals surface area contributed by atoms with E-state index in [4.69, 9.17) is 0 Å². The SMILES string of the molecule is Cc1ccc(S(=O)(=O)NCc2nnnn2-c2ccccc2)c(NCC2(CO)CC3CCC2C3)n1. The Balaban J connectivity index is 1.34. The standard InChI is InChI=1S/C23H29N7O3S/c1-16-7-10-20(22(26-16)24-14-23(15-31)12-17-8-9-18(23)11-17)34(32,33)25-13-21-27-28-29-30(21)19-5-3-2-4-6-19/h2-7,10,17-18,25,31H,8-9,11-15H2,1H3,(H,24,26). The van der Waals surface area contributed by atoms with E-state index < -0.39 is 10.0 Å². The summed E-state index contributed by atoms with van der Waals surface area (Å²) in [6.07, 6.45) is 4.46. The van der Waals surface area contributed by atoms with Crippen molar-refractivity contribution < 1.29 is 13.5 Å². The predicted molar refractivity (Wildman–Crippen MR) is 126 cm³/mol. The quantitative estimate of drug-likeness (QED) is 0.421. The van der Waals surface area contributed by atoms with Crippen molar-refractivity contribution in [3.05, 3.63) is 54.0 Å². The zero-order valence-electron chi connectivity index (χ0n) is 19.1. The van der Waals surface area contributed by atoms with Crippen molar-refractivity contribution in [3.8, 4) is 5.69 Å². The lowest BCUT2D eigenvalue weighted by Gasteiger charge is -2.36. The third-order valence-corrected chi connectivity index (χ3v) is 8.70. The van der Waals surface area contributed by atoms with Gasteiger partial charge in [-0.2, -0.15) is 4.68 Å². The first kappa shape index (κ1) is 22.9. The molecule has 3 N–H and O–H groups in total. The molecule has 3 atom stereocenters. The van der Waals surface area contributed by atoms with E-state index in [0.717, 1.165) is 24.9 Å². The van der Waals surface area contributed by atoms with E-state index in [-0.39, 0.29) is 23.5 Å². The van der Waals surface area contributed by atoms with E-state index in [1.54, 1.807) is 12.1 Å². The second kappa shape index (κ2) is 9.05. The highest BCUT2D eigenvalue weighted by Gasteiger charge is 2.50. The Morgan fingerprint density at radius 1 is 1.18 bits per heavy atom. The summed E-state index contributed by atoms with van der Waals surface area (Å²) in [6.45, 7) is 2.33. The topological polar surface area (TPSA) is 135 Å². The normalized spacial score (nSPS) is 23.9. The van der Waals surface area contributed by atoms with E-state index in [1.165, 1.54) is 11.1 Å². The molecule has 0 spiro atoms. The lowest BCUT2D eigenvalue weighted by atomic mass is 9.73. The van der Waals surface area contributed by atoms with E-state index in [1.807, 2.05) is 37.3 Å². The van der Waals surface area contributed by atoms with Crippen molar-refractivity contribution in [1.29, 1.82) is 0 Å². The molecule has 0 aliphatic heterocycles. The zero-order chi connectivity index (χ0) is 23.8. The lowest BCUT2D eigenvalue weighted by Crippen LogP contribution is -2.39. The second-order valence-corrected chi connectivity index (χ2v) is 11.2. The second-order valence-electron chi connectivity index (χ2n) is 9.42. The summed E-state index contributed by atoms with van der Waals surface area (Å²) >= 11 is 0. The number of pyridine rings is 1. The fraction of sp³-hybridized carbons (Fsp3) is 0.478. The third-order valence-electron chi connectivity index (χ3n) is 7.27. The number of aromatic nitrogens is 5. The highest BCUT2D eigenvalue weighted by molar-refractivity contribution is 7.89. The molecule has 2 heterocycles. The molecule has 3 unspecified atom stereocenters. The van der Waals surface area contributed by atoms with Crippen LogP contribution in [0.5, 0.6) is 0 Å². The molecule has 5 rings (SSSR count). The summed E-state index contributed by atoms with van der Waals surface area (Å²) in [6, 6.07) is 12.5. The minimum absolute atomic E-state index is 0.0630. The molecule has 2 aliphatic carbocycles. The van der Waals surface area contributed by atoms with Gasteiger partial charge in [0.2, 0.25) is 10.0 Å². The molecular weight excluding hydrogens is 454 g/mol. The fourth-order valence-corrected chi connectivity index (χ4v) is 6.59. The number of aryl methyl sites for hydroxylation is 1. The van der Waals surface area contributed by atoms with Crippen LogP contribution in [0.1, 0.15) is 37.2 Å². The molecular formula is C23H29N7O3S. The molecule has 0 amide bonds. The first-order chi connectivity index (χ1) is 16.4. The molecule has 180 valence electrons. The van der Waals surface area contributed by atoms with Crippen LogP contribution in [0.4, 0.5) is 5.82 Å². The Bertz CT molecular complexity index is 1260. The van der Waals surface area contributed by atoms with Crippen LogP contribution >= 0.6 is 0 Å². The van der Waals surface area contributed by atoms with E-state index in [0.29, 0.717) is 35.7 Å². The Labute approximate surface area is 198 Å². The van der Waals surface area contributed by atoms with Crippen molar-refractivity contribution in [2.24, 2.45) is 17.3 Å². The number of rotatable bonds is 9. The lowest BCUT2D eigenvalue weighted by molar-refractivity contribution is 0.0773. The van der Waals surface area contributed by atoms with Gasteiger partial charge in [0.1, 0.15) is 10.7 Å². The van der Waals surface area contributed by atoms with Crippen LogP contribution in [0.2, 0.25) is 0 Å². The Kier molecular flexibility index (Phi) is 6.09. The number of nitrogens with zero attached hydrogens (tertiary/aromatic N) is 5. The van der Waals surface area contributed by atoms with Gasteiger partial charge in [0, 0.05) is 17.7 Å². The maximum absolute atomic E-state index is 13.3. The first-order valence-electron chi connectivity index (χ1n) is 11.5. The minimum Gasteiger partial charge on any atom is -0.396 e. The van der Waals surface area contributed by atoms with E-state index in [9.17, 15) is 13.5 Å². The summed E-state index contributed by atoms with van der Waals surface area (Å²) in [5, 5.41) is 25.1. The number of nitrogens with one attached hydrogen (secondary N) is 2. The van der Waals surface area contributed by atoms with Crippen LogP contribution in [-0.2, 0) is 16.6 Å². The average Bonchev–Trinajstić information content (AvgIpc) is 3.58. The van der Waals surface area contributed by atoms with Gasteiger partial charge in [-0.05, 0) is 72.7 Å². The molecule has 2 aromatic heterocycles. The number of para-hydroxylation sites is 1. The Hall–Kier alpha value is -2.89. The van der Waals surface area contributed by atoms with Crippen molar-refractivity contribution in [3.63, 3.8) is 0 Å². The molecule has 2 bridgehead atoms. The molecule has 3 aromatic rings. The Morgan fingerprint density at radius 3 is 2.71 bits per heavy atom. The van der Waals surface area contributed by atoms with Crippen LogP contribution < -0.4 is 10.0 Å². The number of aliphatic hydroxyl groups excluding tert-OH is 1. The molecule has 34 heavy (non-hydrogen) atoms. The van der Waals surface area contributed by atoms with Crippen LogP contribution in [0.25, 0.3) is 5.69 Å². The number of aliphatic hydroxyl groups is 1. The number of sulfonamides is 1. The molecule has 2 aliphatic rings. The number of hydrogen-bond donors (Lipinski definition) is 3. The van der Waals surface area contributed by atoms with Crippen LogP contribution in [-0.4, -0.2) is 51.9 Å². The fourth-order valence-electron chi connectivity index (χ4n) is 5.49. The Morgan fingerprint density at radius 2 is 2.00 bits per heavy atom. The zero-order valence-corrected chi connectivity index (χ0v) is 19.9. The molecule has 10 nitrogen and oxygen atoms in total. The summed E-state index contributed by atoms with van der Waals surface area (Å²) < 4.78 is 30.6. The van der Waals surface area contributed by atoms with Gasteiger partial charge in [0.25, 0.3) is 0 Å². The maximum Gasteiger partial charge on any atom is 0.244 e. The van der Waals surface area contributed by atoms with Gasteiger partial charge in [-0.15, -0.1) is 5.10 Å². The van der Waals surface area contributed by atoms with Crippen molar-refractivity contribution in [1.82, 2.24) is 29.9 Å². The molecule has 2 saturated carbocycles. The summed E-state index contributed by atoms with van der Waals surface area (Å²) in [7, 11) is -3.91. The summed E-state index contributed by atoms with van der Waals surface area (Å²) in [4.78, 5) is 4.54. The van der Waals surface area contributed by atoms with Crippen LogP contribution in [0.15, 0.2) is 47.4 Å². The minimum atomic E-state index is -3.91. The predicted octanol–water partition coefficient (Wildman–Crippen LogP) is 2.05. The van der Waals surface area contributed by atoms with Gasteiger partial charge in [0.05, 0.1) is 18.8 Å². The van der Waals surface area contributed by atoms with Crippen LogP contribution in [0, 0.1) is 24.2 Å². The number of fused-ring (bicyclic) bond motifs is 2. The van der Waals surface area contributed by atoms with Gasteiger partial charge in [-0.25, -0.2) is 18.1 Å². The average molecular weight is 484 g/mol. The smallest absolute Gasteiger partial charge is 0.244 e. The largest absolute Gasteiger partial charge is 0.396 e. The van der Waals surface area contributed by atoms with Gasteiger partial charge in [-0.1, -0.05) is 24.6 Å². The number of benzene rings is 1. The van der Waals surface area contributed by atoms with Crippen molar-refractivity contribution >= 4 is 15.8 Å². The van der Waals surface area contributed by atoms with Gasteiger partial charge in [-0.3, -0.25) is 0 Å². The first-order valence-corrected chi connectivity index (χ1v) is 13.0. The number of hydrogen-bond acceptors (Lipinski definition) is 8. The van der Waals surface area contributed by atoms with E-state index >= 15 is 0 Å². The van der Waals surface area contributed by atoms with Gasteiger partial charge < -0.3 is 10.4 Å². The van der Waals surface area contributed by atoms with Crippen molar-refractivity contribution in [2.75, 3.05) is 18.5 Å². The number of tetrazole rings is 1. The highest BCUT2D eigenvalue weighted by Crippen LogP contribution is 2.55. The maximum atomic E-state index is 13.3. The highest BCUT2D eigenvalue weighted by atomic mass is 32.2. The summed E-state index contributed by atoms with van der Waals surface area (Å²) in [5.74, 6) is 1.79.